The van der Waals surface area contributed by atoms with Gasteiger partial charge in [0.1, 0.15) is 11.6 Å². The van der Waals surface area contributed by atoms with Gasteiger partial charge in [-0.15, -0.1) is 0 Å². The fourth-order valence-electron chi connectivity index (χ4n) is 4.43. The highest BCUT2D eigenvalue weighted by Crippen LogP contribution is 2.34. The molecule has 2 aliphatic rings. The normalized spacial score (nSPS) is 19.8. The van der Waals surface area contributed by atoms with E-state index in [9.17, 15) is 9.90 Å². The van der Waals surface area contributed by atoms with E-state index in [1.54, 1.807) is 19.6 Å². The molecule has 1 atom stereocenters. The summed E-state index contributed by atoms with van der Waals surface area (Å²) in [7, 11) is 7.42. The van der Waals surface area contributed by atoms with Gasteiger partial charge in [-0.1, -0.05) is 17.8 Å². The van der Waals surface area contributed by atoms with Crippen LogP contribution < -0.4 is 30.3 Å². The van der Waals surface area contributed by atoms with Gasteiger partial charge < -0.3 is 40.3 Å². The maximum atomic E-state index is 12.2. The predicted octanol–water partition coefficient (Wildman–Crippen LogP) is 2.98. The summed E-state index contributed by atoms with van der Waals surface area (Å²) in [4.78, 5) is 24.5. The summed E-state index contributed by atoms with van der Waals surface area (Å²) in [6, 6.07) is 8.16. The summed E-state index contributed by atoms with van der Waals surface area (Å²) in [6.07, 6.45) is 2.04. The summed E-state index contributed by atoms with van der Waals surface area (Å²) in [6.45, 7) is 4.01. The summed E-state index contributed by atoms with van der Waals surface area (Å²) in [5.74, 6) is 1.82. The van der Waals surface area contributed by atoms with Gasteiger partial charge in [-0.3, -0.25) is 0 Å². The van der Waals surface area contributed by atoms with Gasteiger partial charge in [0.15, 0.2) is 11.5 Å². The molecule has 4 rings (SSSR count). The fraction of sp³-hybridized carbons (Fsp3) is 0.480. The van der Waals surface area contributed by atoms with Crippen molar-refractivity contribution in [3.8, 4) is 11.5 Å². The Morgan fingerprint density at radius 2 is 1.95 bits per heavy atom. The number of allylic oxidation sites excluding steroid dienone is 1. The van der Waals surface area contributed by atoms with Crippen molar-refractivity contribution in [3.05, 3.63) is 40.9 Å². The molecule has 0 saturated carbocycles. The van der Waals surface area contributed by atoms with Crippen LogP contribution in [0.25, 0.3) is 0 Å². The number of anilines is 3. The highest BCUT2D eigenvalue weighted by molar-refractivity contribution is 8.04. The van der Waals surface area contributed by atoms with Crippen molar-refractivity contribution >= 4 is 35.3 Å². The number of carboxylic acid groups (broad SMARTS) is 1. The third-order valence-corrected chi connectivity index (χ3v) is 7.73. The number of rotatable bonds is 10. The molecule has 11 nitrogen and oxygen atoms in total. The number of nitrogens with zero attached hydrogens (tertiary/aromatic N) is 4. The Bertz CT molecular complexity index is 1150. The summed E-state index contributed by atoms with van der Waals surface area (Å²) in [5.41, 5.74) is 1.74. The zero-order valence-electron chi connectivity index (χ0n) is 21.9. The van der Waals surface area contributed by atoms with E-state index < -0.39 is 11.0 Å². The fourth-order valence-corrected chi connectivity index (χ4v) is 5.31. The van der Waals surface area contributed by atoms with E-state index in [0.29, 0.717) is 29.9 Å². The highest BCUT2D eigenvalue weighted by Gasteiger charge is 2.43. The number of piperidine rings is 1. The van der Waals surface area contributed by atoms with E-state index in [2.05, 4.69) is 44.8 Å². The summed E-state index contributed by atoms with van der Waals surface area (Å²) < 4.78 is 10.8. The largest absolute Gasteiger partial charge is 0.493 e. The number of benzene rings is 1. The second kappa shape index (κ2) is 11.3. The average Bonchev–Trinajstić information content (AvgIpc) is 3.28. The van der Waals surface area contributed by atoms with E-state index in [1.807, 2.05) is 31.2 Å². The molecule has 0 aliphatic carbocycles. The van der Waals surface area contributed by atoms with Crippen LogP contribution in [0.5, 0.6) is 11.5 Å². The first-order chi connectivity index (χ1) is 17.7. The number of methoxy groups -OCH3 is 2. The smallest absolute Gasteiger partial charge is 0.362 e. The number of carbonyl (C=O) groups is 1. The van der Waals surface area contributed by atoms with Crippen LogP contribution in [0.3, 0.4) is 0 Å². The van der Waals surface area contributed by atoms with Crippen LogP contribution in [-0.4, -0.2) is 78.4 Å². The molecule has 1 aromatic heterocycles. The van der Waals surface area contributed by atoms with Crippen LogP contribution in [0.4, 0.5) is 17.6 Å². The molecule has 0 radical (unpaired) electrons. The minimum atomic E-state index is -1.47. The van der Waals surface area contributed by atoms with E-state index in [-0.39, 0.29) is 5.95 Å². The molecule has 1 aromatic carbocycles. The maximum absolute atomic E-state index is 12.2. The molecule has 2 aromatic rings. The van der Waals surface area contributed by atoms with Gasteiger partial charge in [0, 0.05) is 37.4 Å². The van der Waals surface area contributed by atoms with Gasteiger partial charge in [0.05, 0.1) is 14.2 Å². The zero-order chi connectivity index (χ0) is 26.6. The first-order valence-corrected chi connectivity index (χ1v) is 13.0. The lowest BCUT2D eigenvalue weighted by Gasteiger charge is -2.36. The van der Waals surface area contributed by atoms with Crippen molar-refractivity contribution in [1.82, 2.24) is 20.2 Å². The molecular formula is C25H35N7O4S. The van der Waals surface area contributed by atoms with Crippen LogP contribution >= 0.6 is 11.8 Å². The van der Waals surface area contributed by atoms with Crippen molar-refractivity contribution in [2.45, 2.75) is 37.3 Å². The minimum Gasteiger partial charge on any atom is -0.493 e. The Labute approximate surface area is 221 Å². The standard InChI is InChI=1S/C25H35N7O4S/c1-16-15-37-25(29-16,23(33)34)30-24-27-21(26-14-17-6-7-19(35-4)20(12-17)36-5)13-22(28-24)32-10-8-18(9-11-32)31(2)3/h6-7,12-13,15,18,29H,8-11,14H2,1-5H3,(H,33,34)(H2,26,27,28,30). The number of nitrogens with one attached hydrogen (secondary N) is 3. The minimum absolute atomic E-state index is 0.229. The Hall–Kier alpha value is -3.38. The van der Waals surface area contributed by atoms with Gasteiger partial charge in [0.25, 0.3) is 4.99 Å². The number of aromatic nitrogens is 2. The monoisotopic (exact) mass is 529 g/mol. The molecule has 12 heteroatoms. The second-order valence-corrected chi connectivity index (χ2v) is 10.4. The quantitative estimate of drug-likeness (QED) is 0.362. The molecule has 200 valence electrons. The number of carboxylic acids is 1. The molecule has 4 N–H and O–H groups in total. The summed E-state index contributed by atoms with van der Waals surface area (Å²) in [5, 5.41) is 21.1. The molecule has 1 fully saturated rings. The Kier molecular flexibility index (Phi) is 8.18. The van der Waals surface area contributed by atoms with Gasteiger partial charge >= 0.3 is 5.97 Å². The average molecular weight is 530 g/mol. The van der Waals surface area contributed by atoms with Gasteiger partial charge in [0.2, 0.25) is 5.95 Å². The van der Waals surface area contributed by atoms with Gasteiger partial charge in [-0.2, -0.15) is 9.97 Å². The summed E-state index contributed by atoms with van der Waals surface area (Å²) >= 11 is 1.14. The number of hydrogen-bond donors (Lipinski definition) is 4. The molecule has 0 bridgehead atoms. The van der Waals surface area contributed by atoms with E-state index in [0.717, 1.165) is 54.8 Å². The predicted molar refractivity (Wildman–Crippen MR) is 146 cm³/mol. The third kappa shape index (κ3) is 6.13. The van der Waals surface area contributed by atoms with Crippen molar-refractivity contribution in [2.75, 3.05) is 56.9 Å². The van der Waals surface area contributed by atoms with E-state index in [4.69, 9.17) is 14.5 Å². The number of aliphatic carboxylic acids is 1. The Balaban J connectivity index is 1.59. The van der Waals surface area contributed by atoms with Gasteiger partial charge in [-0.05, 0) is 57.0 Å². The molecule has 3 heterocycles. The molecule has 0 amide bonds. The molecule has 0 spiro atoms. The first kappa shape index (κ1) is 26.7. The van der Waals surface area contributed by atoms with Crippen LogP contribution in [0, 0.1) is 0 Å². The first-order valence-electron chi connectivity index (χ1n) is 12.1. The van der Waals surface area contributed by atoms with Crippen molar-refractivity contribution < 1.29 is 19.4 Å². The number of hydrogen-bond acceptors (Lipinski definition) is 11. The number of thioether (sulfide) groups is 1. The lowest BCUT2D eigenvalue weighted by molar-refractivity contribution is -0.139. The van der Waals surface area contributed by atoms with Crippen LogP contribution in [0.15, 0.2) is 35.4 Å². The number of ether oxygens (including phenoxy) is 2. The SMILES string of the molecule is COc1ccc(CNc2cc(N3CCC(N(C)C)CC3)nc(NC3(C(=O)O)NC(C)=CS3)n2)cc1OC. The lowest BCUT2D eigenvalue weighted by Crippen LogP contribution is -2.52. The zero-order valence-corrected chi connectivity index (χ0v) is 22.7. The molecule has 1 saturated heterocycles. The van der Waals surface area contributed by atoms with Crippen molar-refractivity contribution in [3.63, 3.8) is 0 Å². The highest BCUT2D eigenvalue weighted by atomic mass is 32.2. The van der Waals surface area contributed by atoms with Crippen molar-refractivity contribution in [2.24, 2.45) is 0 Å². The topological polar surface area (TPSA) is 124 Å². The second-order valence-electron chi connectivity index (χ2n) is 9.31. The van der Waals surface area contributed by atoms with Gasteiger partial charge in [-0.25, -0.2) is 4.79 Å². The molecular weight excluding hydrogens is 494 g/mol. The van der Waals surface area contributed by atoms with Crippen LogP contribution in [0.2, 0.25) is 0 Å². The Morgan fingerprint density at radius 3 is 2.54 bits per heavy atom. The maximum Gasteiger partial charge on any atom is 0.362 e. The third-order valence-electron chi connectivity index (χ3n) is 6.53. The molecule has 37 heavy (non-hydrogen) atoms. The lowest BCUT2D eigenvalue weighted by atomic mass is 10.0. The van der Waals surface area contributed by atoms with Crippen LogP contribution in [0.1, 0.15) is 25.3 Å². The molecule has 2 aliphatic heterocycles. The van der Waals surface area contributed by atoms with E-state index in [1.165, 1.54) is 0 Å². The van der Waals surface area contributed by atoms with Crippen LogP contribution in [-0.2, 0) is 11.3 Å². The molecule has 1 unspecified atom stereocenters. The van der Waals surface area contributed by atoms with Crippen molar-refractivity contribution in [1.29, 1.82) is 0 Å². The Morgan fingerprint density at radius 1 is 1.22 bits per heavy atom. The van der Waals surface area contributed by atoms with E-state index >= 15 is 0 Å².